The van der Waals surface area contributed by atoms with E-state index in [1.165, 1.54) is 0 Å². The van der Waals surface area contributed by atoms with E-state index in [1.54, 1.807) is 24.3 Å². The summed E-state index contributed by atoms with van der Waals surface area (Å²) in [5.74, 6) is -0.281. The van der Waals surface area contributed by atoms with Gasteiger partial charge in [0.05, 0.1) is 6.61 Å². The molecule has 2 N–H and O–H groups in total. The fraction of sp³-hybridized carbons (Fsp3) is 0.562. The zero-order valence-electron chi connectivity index (χ0n) is 12.6. The molecule has 1 aromatic rings. The summed E-state index contributed by atoms with van der Waals surface area (Å²) in [5.41, 5.74) is 0.473. The van der Waals surface area contributed by atoms with Crippen LogP contribution < -0.4 is 0 Å². The third-order valence-corrected chi connectivity index (χ3v) is 3.53. The first-order chi connectivity index (χ1) is 10.7. The molecule has 1 aliphatic heterocycles. The number of aliphatic hydroxyl groups is 2. The molecule has 1 aromatic carbocycles. The van der Waals surface area contributed by atoms with Crippen molar-refractivity contribution in [1.82, 2.24) is 0 Å². The highest BCUT2D eigenvalue weighted by molar-refractivity contribution is 6.00. The number of carbonyl (C=O) groups is 1. The van der Waals surface area contributed by atoms with E-state index >= 15 is 0 Å². The topological polar surface area (TPSA) is 85.2 Å². The summed E-state index contributed by atoms with van der Waals surface area (Å²) < 4.78 is 16.2. The van der Waals surface area contributed by atoms with Gasteiger partial charge in [0.25, 0.3) is 0 Å². The van der Waals surface area contributed by atoms with E-state index in [-0.39, 0.29) is 19.2 Å². The van der Waals surface area contributed by atoms with Crippen LogP contribution in [0, 0.1) is 0 Å². The molecule has 0 radical (unpaired) electrons. The molecule has 0 saturated carbocycles. The molecule has 122 valence electrons. The summed E-state index contributed by atoms with van der Waals surface area (Å²) in [5, 5.41) is 19.4. The van der Waals surface area contributed by atoms with Crippen molar-refractivity contribution in [1.29, 1.82) is 0 Å². The van der Waals surface area contributed by atoms with Crippen molar-refractivity contribution >= 4 is 5.78 Å². The van der Waals surface area contributed by atoms with Crippen molar-refractivity contribution in [3.8, 4) is 0 Å². The minimum atomic E-state index is -1.08. The third-order valence-electron chi connectivity index (χ3n) is 3.53. The molecule has 6 nitrogen and oxygen atoms in total. The van der Waals surface area contributed by atoms with E-state index in [1.807, 2.05) is 13.0 Å². The third kappa shape index (κ3) is 3.91. The molecular formula is C16H22O6. The van der Waals surface area contributed by atoms with Gasteiger partial charge in [0.15, 0.2) is 5.78 Å². The SMILES string of the molecule is CCCOCO[C@H]1C(O)[C@@H](CO)O[C@H]1C(=O)c1ccccc1. The Balaban J connectivity index is 2.07. The van der Waals surface area contributed by atoms with Crippen molar-refractivity contribution in [2.24, 2.45) is 0 Å². The zero-order chi connectivity index (χ0) is 15.9. The fourth-order valence-electron chi connectivity index (χ4n) is 2.38. The summed E-state index contributed by atoms with van der Waals surface area (Å²) in [7, 11) is 0. The largest absolute Gasteiger partial charge is 0.394 e. The highest BCUT2D eigenvalue weighted by Crippen LogP contribution is 2.26. The van der Waals surface area contributed by atoms with Gasteiger partial charge in [-0.25, -0.2) is 0 Å². The number of ether oxygens (including phenoxy) is 3. The maximum absolute atomic E-state index is 12.5. The van der Waals surface area contributed by atoms with Gasteiger partial charge in [0.2, 0.25) is 0 Å². The number of ketones is 1. The smallest absolute Gasteiger partial charge is 0.194 e. The van der Waals surface area contributed by atoms with Gasteiger partial charge in [-0.3, -0.25) is 4.79 Å². The van der Waals surface area contributed by atoms with E-state index in [2.05, 4.69) is 0 Å². The summed E-state index contributed by atoms with van der Waals surface area (Å²) in [6.07, 6.45) is -2.89. The van der Waals surface area contributed by atoms with Crippen LogP contribution >= 0.6 is 0 Å². The monoisotopic (exact) mass is 310 g/mol. The number of hydrogen-bond donors (Lipinski definition) is 2. The van der Waals surface area contributed by atoms with Crippen LogP contribution in [0.4, 0.5) is 0 Å². The molecule has 0 amide bonds. The van der Waals surface area contributed by atoms with E-state index in [0.29, 0.717) is 12.2 Å². The highest BCUT2D eigenvalue weighted by atomic mass is 16.7. The number of carbonyl (C=O) groups excluding carboxylic acids is 1. The van der Waals surface area contributed by atoms with Gasteiger partial charge in [-0.1, -0.05) is 37.3 Å². The van der Waals surface area contributed by atoms with Crippen LogP contribution in [0.3, 0.4) is 0 Å². The summed E-state index contributed by atoms with van der Waals surface area (Å²) in [6, 6.07) is 8.67. The summed E-state index contributed by atoms with van der Waals surface area (Å²) >= 11 is 0. The van der Waals surface area contributed by atoms with Gasteiger partial charge in [-0.15, -0.1) is 0 Å². The number of aliphatic hydroxyl groups excluding tert-OH is 2. The molecule has 0 aliphatic carbocycles. The Morgan fingerprint density at radius 2 is 2.05 bits per heavy atom. The standard InChI is InChI=1S/C16H22O6/c1-2-8-20-10-21-15-14(19)12(9-17)22-16(15)13(18)11-6-4-3-5-7-11/h3-7,12,14-17,19H,2,8-10H2,1H3/t12-,14?,15+,16+/m1/s1. The molecule has 0 bridgehead atoms. The van der Waals surface area contributed by atoms with Crippen LogP contribution in [0.2, 0.25) is 0 Å². The lowest BCUT2D eigenvalue weighted by Gasteiger charge is -2.20. The van der Waals surface area contributed by atoms with Crippen molar-refractivity contribution < 1.29 is 29.2 Å². The predicted octanol–water partition coefficient (Wildman–Crippen LogP) is 0.759. The van der Waals surface area contributed by atoms with Gasteiger partial charge >= 0.3 is 0 Å². The Kier molecular flexibility index (Phi) is 6.48. The maximum atomic E-state index is 12.5. The molecule has 4 atom stereocenters. The Morgan fingerprint density at radius 1 is 1.32 bits per heavy atom. The molecule has 6 heteroatoms. The summed E-state index contributed by atoms with van der Waals surface area (Å²) in [6.45, 7) is 2.09. The number of Topliss-reactive ketones (excluding diaryl/α,β-unsaturated/α-hetero) is 1. The van der Waals surface area contributed by atoms with Crippen LogP contribution in [0.25, 0.3) is 0 Å². The molecule has 1 heterocycles. The first-order valence-corrected chi connectivity index (χ1v) is 7.42. The Labute approximate surface area is 129 Å². The van der Waals surface area contributed by atoms with Crippen LogP contribution in [-0.2, 0) is 14.2 Å². The van der Waals surface area contributed by atoms with Gasteiger partial charge in [-0.2, -0.15) is 0 Å². The number of hydrogen-bond acceptors (Lipinski definition) is 6. The van der Waals surface area contributed by atoms with Gasteiger partial charge in [0, 0.05) is 12.2 Å². The zero-order valence-corrected chi connectivity index (χ0v) is 12.6. The van der Waals surface area contributed by atoms with Gasteiger partial charge < -0.3 is 24.4 Å². The molecule has 1 saturated heterocycles. The number of rotatable bonds is 8. The number of benzene rings is 1. The first kappa shape index (κ1) is 17.1. The lowest BCUT2D eigenvalue weighted by molar-refractivity contribution is -0.120. The minimum absolute atomic E-state index is 0.0321. The first-order valence-electron chi connectivity index (χ1n) is 7.42. The van der Waals surface area contributed by atoms with E-state index in [4.69, 9.17) is 14.2 Å². The van der Waals surface area contributed by atoms with Crippen LogP contribution in [0.1, 0.15) is 23.7 Å². The second-order valence-corrected chi connectivity index (χ2v) is 5.16. The normalized spacial score (nSPS) is 28.0. The van der Waals surface area contributed by atoms with Crippen LogP contribution in [0.15, 0.2) is 30.3 Å². The molecule has 2 rings (SSSR count). The molecule has 0 aromatic heterocycles. The van der Waals surface area contributed by atoms with Gasteiger partial charge in [0.1, 0.15) is 31.2 Å². The molecule has 22 heavy (non-hydrogen) atoms. The van der Waals surface area contributed by atoms with Crippen LogP contribution in [0.5, 0.6) is 0 Å². The lowest BCUT2D eigenvalue weighted by atomic mass is 10.00. The van der Waals surface area contributed by atoms with Crippen molar-refractivity contribution in [3.63, 3.8) is 0 Å². The van der Waals surface area contributed by atoms with Crippen LogP contribution in [-0.4, -0.2) is 60.4 Å². The molecular weight excluding hydrogens is 288 g/mol. The van der Waals surface area contributed by atoms with Crippen molar-refractivity contribution in [2.45, 2.75) is 37.8 Å². The second-order valence-electron chi connectivity index (χ2n) is 5.16. The average Bonchev–Trinajstić information content (AvgIpc) is 2.88. The Morgan fingerprint density at radius 3 is 2.68 bits per heavy atom. The second kappa shape index (κ2) is 8.36. The highest BCUT2D eigenvalue weighted by Gasteiger charge is 2.47. The lowest BCUT2D eigenvalue weighted by Crippen LogP contribution is -2.40. The fourth-order valence-corrected chi connectivity index (χ4v) is 2.38. The van der Waals surface area contributed by atoms with Gasteiger partial charge in [-0.05, 0) is 6.42 Å². The maximum Gasteiger partial charge on any atom is 0.194 e. The van der Waals surface area contributed by atoms with E-state index < -0.39 is 24.4 Å². The van der Waals surface area contributed by atoms with Crippen molar-refractivity contribution in [3.05, 3.63) is 35.9 Å². The Hall–Kier alpha value is -1.31. The predicted molar refractivity (Wildman–Crippen MR) is 78.5 cm³/mol. The quantitative estimate of drug-likeness (QED) is 0.419. The molecule has 1 unspecified atom stereocenters. The van der Waals surface area contributed by atoms with E-state index in [0.717, 1.165) is 6.42 Å². The summed E-state index contributed by atoms with van der Waals surface area (Å²) in [4.78, 5) is 12.5. The molecule has 1 aliphatic rings. The van der Waals surface area contributed by atoms with E-state index in [9.17, 15) is 15.0 Å². The minimum Gasteiger partial charge on any atom is -0.394 e. The van der Waals surface area contributed by atoms with Crippen molar-refractivity contribution in [2.75, 3.05) is 20.0 Å². The molecule has 0 spiro atoms. The Bertz CT molecular complexity index is 463. The molecule has 1 fully saturated rings. The average molecular weight is 310 g/mol.